The molecule has 2 N–H and O–H groups in total. The van der Waals surface area contributed by atoms with Crippen LogP contribution in [0, 0.1) is 22.7 Å². The minimum atomic E-state index is -3.11. The van der Waals surface area contributed by atoms with Gasteiger partial charge in [0.15, 0.2) is 17.2 Å². The predicted octanol–water partition coefficient (Wildman–Crippen LogP) is 2.14. The molecule has 4 heterocycles. The fourth-order valence-electron chi connectivity index (χ4n) is 5.40. The summed E-state index contributed by atoms with van der Waals surface area (Å²) in [7, 11) is -3.11. The van der Waals surface area contributed by atoms with Crippen LogP contribution in [-0.2, 0) is 10.0 Å². The number of nitrogens with zero attached hydrogens (tertiary/aromatic N) is 9. The predicted molar refractivity (Wildman–Crippen MR) is 153 cm³/mol. The van der Waals surface area contributed by atoms with Crippen molar-refractivity contribution in [2.75, 3.05) is 54.8 Å². The second kappa shape index (κ2) is 9.99. The van der Waals surface area contributed by atoms with Gasteiger partial charge in [-0.05, 0) is 37.8 Å². The number of piperazine rings is 1. The molecule has 2 saturated carbocycles. The van der Waals surface area contributed by atoms with Crippen LogP contribution in [0.5, 0.6) is 0 Å². The van der Waals surface area contributed by atoms with Crippen LogP contribution in [-0.4, -0.2) is 93.8 Å². The number of nitriles is 2. The summed E-state index contributed by atoms with van der Waals surface area (Å²) in [5.41, 5.74) is 2.40. The summed E-state index contributed by atoms with van der Waals surface area (Å²) in [5.74, 6) is 0.744. The summed E-state index contributed by atoms with van der Waals surface area (Å²) in [5, 5.41) is 30.6. The van der Waals surface area contributed by atoms with Gasteiger partial charge in [0.1, 0.15) is 6.07 Å². The Kier molecular flexibility index (Phi) is 6.39. The molecule has 0 bridgehead atoms. The number of benzene rings is 1. The maximum absolute atomic E-state index is 12.5. The zero-order valence-electron chi connectivity index (χ0n) is 22.2. The number of sulfonamides is 1. The normalized spacial score (nSPS) is 20.4. The first-order chi connectivity index (χ1) is 19.8. The maximum Gasteiger partial charge on any atom is 0.247 e. The first kappa shape index (κ1) is 26.2. The summed E-state index contributed by atoms with van der Waals surface area (Å²) < 4.78 is 28.0. The third-order valence-electron chi connectivity index (χ3n) is 8.13. The molecule has 0 atom stereocenters. The number of hydrogen-bond acceptors (Lipinski definition) is 11. The van der Waals surface area contributed by atoms with E-state index in [-0.39, 0.29) is 22.9 Å². The van der Waals surface area contributed by atoms with Crippen molar-refractivity contribution in [2.45, 2.75) is 43.0 Å². The number of nitrogens with one attached hydrogen (secondary N) is 2. The quantitative estimate of drug-likeness (QED) is 0.394. The molecule has 4 aliphatic rings. The Bertz CT molecular complexity index is 1710. The first-order valence-corrected chi connectivity index (χ1v) is 15.6. The summed E-state index contributed by atoms with van der Waals surface area (Å²) in [6.45, 7) is 4.04. The van der Waals surface area contributed by atoms with Crippen LogP contribution in [0.15, 0.2) is 18.3 Å². The van der Waals surface area contributed by atoms with Crippen molar-refractivity contribution in [1.29, 1.82) is 10.5 Å². The monoisotopic (exact) mass is 593 g/mol. The zero-order chi connectivity index (χ0) is 28.3. The molecule has 4 fully saturated rings. The van der Waals surface area contributed by atoms with Crippen LogP contribution in [0.1, 0.15) is 36.9 Å². The van der Waals surface area contributed by atoms with Crippen LogP contribution in [0.25, 0.3) is 5.65 Å². The number of halogens is 1. The molecule has 0 unspecified atom stereocenters. The smallest absolute Gasteiger partial charge is 0.247 e. The van der Waals surface area contributed by atoms with Gasteiger partial charge < -0.3 is 15.5 Å². The van der Waals surface area contributed by atoms with E-state index < -0.39 is 10.0 Å². The average molecular weight is 594 g/mol. The number of imidazole rings is 1. The third kappa shape index (κ3) is 4.91. The van der Waals surface area contributed by atoms with E-state index in [1.165, 1.54) is 10.7 Å². The van der Waals surface area contributed by atoms with E-state index in [2.05, 4.69) is 47.6 Å². The van der Waals surface area contributed by atoms with Crippen molar-refractivity contribution >= 4 is 50.4 Å². The van der Waals surface area contributed by atoms with Crippen LogP contribution in [0.2, 0.25) is 5.02 Å². The van der Waals surface area contributed by atoms with Gasteiger partial charge in [-0.2, -0.15) is 24.3 Å². The fourth-order valence-corrected chi connectivity index (χ4v) is 7.59. The molecule has 2 aliphatic carbocycles. The van der Waals surface area contributed by atoms with Crippen molar-refractivity contribution in [3.63, 3.8) is 0 Å². The standard InChI is InChI=1S/C26H28ClN11O2S/c27-23-21(32-26-33-24(31-17-1-2-17)25-30-13-18(12-29)38(25)34-26)9-16(11-28)10-22(23)36-7-5-35(6-8-36)19-14-37(15-19)41(39,40)20-3-4-20/h9-10,13,17,19-20H,1-8,14-15H2,(H2,31,32,33,34). The highest BCUT2D eigenvalue weighted by molar-refractivity contribution is 7.90. The van der Waals surface area contributed by atoms with E-state index in [0.717, 1.165) is 44.5 Å². The van der Waals surface area contributed by atoms with Crippen LogP contribution < -0.4 is 15.5 Å². The Morgan fingerprint density at radius 1 is 1.02 bits per heavy atom. The van der Waals surface area contributed by atoms with Crippen molar-refractivity contribution in [2.24, 2.45) is 0 Å². The van der Waals surface area contributed by atoms with E-state index in [1.807, 2.05) is 0 Å². The summed E-state index contributed by atoms with van der Waals surface area (Å²) in [6, 6.07) is 8.30. The second-order valence-electron chi connectivity index (χ2n) is 11.0. The minimum absolute atomic E-state index is 0.167. The fraction of sp³-hybridized carbons (Fsp3) is 0.500. The Morgan fingerprint density at radius 2 is 1.78 bits per heavy atom. The van der Waals surface area contributed by atoms with E-state index >= 15 is 0 Å². The van der Waals surface area contributed by atoms with Gasteiger partial charge in [-0.1, -0.05) is 11.6 Å². The Labute approximate surface area is 242 Å². The molecule has 212 valence electrons. The number of hydrogen-bond donors (Lipinski definition) is 2. The highest BCUT2D eigenvalue weighted by Gasteiger charge is 2.46. The van der Waals surface area contributed by atoms with E-state index in [9.17, 15) is 18.9 Å². The lowest BCUT2D eigenvalue weighted by atomic mass is 10.1. The van der Waals surface area contributed by atoms with Crippen molar-refractivity contribution in [3.05, 3.63) is 34.6 Å². The molecule has 41 heavy (non-hydrogen) atoms. The van der Waals surface area contributed by atoms with Crippen LogP contribution in [0.4, 0.5) is 23.1 Å². The molecule has 3 aromatic rings. The second-order valence-corrected chi connectivity index (χ2v) is 13.6. The Hall–Kier alpha value is -3.69. The molecule has 15 heteroatoms. The molecule has 0 amide bonds. The van der Waals surface area contributed by atoms with Gasteiger partial charge in [0.05, 0.1) is 39.5 Å². The van der Waals surface area contributed by atoms with Crippen LogP contribution in [0.3, 0.4) is 0 Å². The van der Waals surface area contributed by atoms with Gasteiger partial charge in [-0.25, -0.2) is 13.4 Å². The van der Waals surface area contributed by atoms with Gasteiger partial charge in [0.2, 0.25) is 16.0 Å². The first-order valence-electron chi connectivity index (χ1n) is 13.7. The Morgan fingerprint density at radius 3 is 2.44 bits per heavy atom. The van der Waals surface area contributed by atoms with E-state index in [4.69, 9.17) is 11.6 Å². The highest BCUT2D eigenvalue weighted by atomic mass is 35.5. The average Bonchev–Trinajstić information content (AvgIpc) is 3.87. The van der Waals surface area contributed by atoms with Gasteiger partial charge in [0, 0.05) is 51.4 Å². The van der Waals surface area contributed by atoms with Crippen molar-refractivity contribution in [3.8, 4) is 12.1 Å². The molecule has 2 aromatic heterocycles. The molecule has 7 rings (SSSR count). The molecule has 2 saturated heterocycles. The van der Waals surface area contributed by atoms with E-state index in [0.29, 0.717) is 60.0 Å². The van der Waals surface area contributed by atoms with Gasteiger partial charge in [-0.3, -0.25) is 4.90 Å². The van der Waals surface area contributed by atoms with E-state index in [1.54, 1.807) is 16.4 Å². The van der Waals surface area contributed by atoms with Gasteiger partial charge in [-0.15, -0.1) is 5.10 Å². The highest BCUT2D eigenvalue weighted by Crippen LogP contribution is 2.38. The number of fused-ring (bicyclic) bond motifs is 1. The molecule has 0 spiro atoms. The molecule has 1 aromatic carbocycles. The molecule has 2 aliphatic heterocycles. The molecule has 0 radical (unpaired) electrons. The third-order valence-corrected chi connectivity index (χ3v) is 10.9. The number of anilines is 4. The summed E-state index contributed by atoms with van der Waals surface area (Å²) in [6.07, 6.45) is 5.10. The lowest BCUT2D eigenvalue weighted by molar-refractivity contribution is 0.0827. The molecule has 13 nitrogen and oxygen atoms in total. The largest absolute Gasteiger partial charge is 0.368 e. The summed E-state index contributed by atoms with van der Waals surface area (Å²) >= 11 is 6.91. The van der Waals surface area contributed by atoms with Crippen molar-refractivity contribution < 1.29 is 8.42 Å². The minimum Gasteiger partial charge on any atom is -0.368 e. The topological polar surface area (TPSA) is 159 Å². The van der Waals surface area contributed by atoms with Crippen molar-refractivity contribution in [1.82, 2.24) is 28.8 Å². The van der Waals surface area contributed by atoms with Gasteiger partial charge >= 0.3 is 0 Å². The zero-order valence-corrected chi connectivity index (χ0v) is 23.7. The number of rotatable bonds is 8. The lowest BCUT2D eigenvalue weighted by Crippen LogP contribution is -2.64. The number of aromatic nitrogens is 4. The summed E-state index contributed by atoms with van der Waals surface area (Å²) in [4.78, 5) is 13.4. The Balaban J connectivity index is 1.09. The van der Waals surface area contributed by atoms with Crippen LogP contribution >= 0.6 is 11.6 Å². The van der Waals surface area contributed by atoms with Gasteiger partial charge in [0.25, 0.3) is 0 Å². The molecular weight excluding hydrogens is 566 g/mol. The SMILES string of the molecule is N#Cc1cc(Nc2nc(NC3CC3)c3ncc(C#N)n3n2)c(Cl)c(N2CCN(C3CN(S(=O)(=O)C4CC4)C3)CC2)c1. The molecular formula is C26H28ClN11O2S. The lowest BCUT2D eigenvalue weighted by Gasteiger charge is -2.47. The maximum atomic E-state index is 12.5.